The number of carbonyl (C=O) groups excluding carboxylic acids is 2. The lowest BCUT2D eigenvalue weighted by Crippen LogP contribution is -2.20. The predicted octanol–water partition coefficient (Wildman–Crippen LogP) is 4.67. The van der Waals surface area contributed by atoms with Crippen molar-refractivity contribution in [3.63, 3.8) is 0 Å². The van der Waals surface area contributed by atoms with Gasteiger partial charge in [-0.1, -0.05) is 30.3 Å². The number of hydrogen-bond acceptors (Lipinski definition) is 6. The smallest absolute Gasteiger partial charge is 0.293 e. The molecule has 150 valence electrons. The summed E-state index contributed by atoms with van der Waals surface area (Å²) >= 11 is 1.30. The van der Waals surface area contributed by atoms with Crippen molar-refractivity contribution in [3.8, 4) is 17.0 Å². The van der Waals surface area contributed by atoms with E-state index in [-0.39, 0.29) is 24.2 Å². The minimum atomic E-state index is -0.361. The largest absolute Gasteiger partial charge is 0.484 e. The molecule has 0 bridgehead atoms. The Labute approximate surface area is 176 Å². The first-order chi connectivity index (χ1) is 14.7. The minimum Gasteiger partial charge on any atom is -0.484 e. The number of amides is 2. The molecule has 7 nitrogen and oxygen atoms in total. The van der Waals surface area contributed by atoms with Crippen molar-refractivity contribution in [3.05, 3.63) is 84.1 Å². The first-order valence-corrected chi connectivity index (χ1v) is 9.94. The van der Waals surface area contributed by atoms with Crippen LogP contribution < -0.4 is 15.4 Å². The molecule has 2 amide bonds. The molecule has 2 aromatic carbocycles. The van der Waals surface area contributed by atoms with Gasteiger partial charge in [-0.15, -0.1) is 11.3 Å². The molecule has 0 saturated heterocycles. The number of thiazole rings is 1. The molecule has 0 saturated carbocycles. The maximum atomic E-state index is 12.2. The molecule has 0 radical (unpaired) electrons. The third-order valence-electron chi connectivity index (χ3n) is 4.02. The molecule has 0 aliphatic rings. The summed E-state index contributed by atoms with van der Waals surface area (Å²) in [5, 5.41) is 7.80. The van der Waals surface area contributed by atoms with Crippen molar-refractivity contribution in [1.29, 1.82) is 0 Å². The van der Waals surface area contributed by atoms with Crippen LogP contribution in [-0.4, -0.2) is 23.4 Å². The second-order valence-electron chi connectivity index (χ2n) is 6.20. The second kappa shape index (κ2) is 9.06. The van der Waals surface area contributed by atoms with E-state index in [1.54, 1.807) is 30.3 Å². The number of anilines is 2. The highest BCUT2D eigenvalue weighted by atomic mass is 32.1. The van der Waals surface area contributed by atoms with Crippen LogP contribution >= 0.6 is 11.3 Å². The van der Waals surface area contributed by atoms with E-state index in [1.165, 1.54) is 17.6 Å². The van der Waals surface area contributed by atoms with Gasteiger partial charge in [-0.3, -0.25) is 14.9 Å². The Morgan fingerprint density at radius 2 is 1.87 bits per heavy atom. The van der Waals surface area contributed by atoms with Crippen LogP contribution in [-0.2, 0) is 4.79 Å². The quantitative estimate of drug-likeness (QED) is 0.454. The van der Waals surface area contributed by atoms with Gasteiger partial charge in [0, 0.05) is 16.6 Å². The number of nitrogens with zero attached hydrogens (tertiary/aromatic N) is 1. The number of ether oxygens (including phenoxy) is 1. The molecule has 0 aliphatic heterocycles. The molecule has 4 rings (SSSR count). The van der Waals surface area contributed by atoms with Crippen LogP contribution in [0.2, 0.25) is 0 Å². The van der Waals surface area contributed by atoms with Gasteiger partial charge in [0.2, 0.25) is 0 Å². The van der Waals surface area contributed by atoms with E-state index in [9.17, 15) is 9.59 Å². The molecule has 8 heteroatoms. The highest BCUT2D eigenvalue weighted by molar-refractivity contribution is 7.14. The maximum absolute atomic E-state index is 12.2. The van der Waals surface area contributed by atoms with Gasteiger partial charge in [0.25, 0.3) is 11.8 Å². The van der Waals surface area contributed by atoms with Crippen molar-refractivity contribution in [1.82, 2.24) is 4.98 Å². The van der Waals surface area contributed by atoms with Gasteiger partial charge in [-0.2, -0.15) is 0 Å². The summed E-state index contributed by atoms with van der Waals surface area (Å²) in [6.07, 6.45) is 1.44. The average molecular weight is 419 g/mol. The van der Waals surface area contributed by atoms with E-state index < -0.39 is 0 Å². The number of aromatic nitrogens is 1. The molecule has 30 heavy (non-hydrogen) atoms. The number of furan rings is 1. The van der Waals surface area contributed by atoms with Gasteiger partial charge < -0.3 is 14.5 Å². The summed E-state index contributed by atoms with van der Waals surface area (Å²) in [5.74, 6) is 0.225. The van der Waals surface area contributed by atoms with Gasteiger partial charge in [-0.25, -0.2) is 4.98 Å². The van der Waals surface area contributed by atoms with E-state index in [2.05, 4.69) is 15.6 Å². The third-order valence-corrected chi connectivity index (χ3v) is 4.78. The SMILES string of the molecule is O=C(COc1ccccc1)Nc1cccc(-c2csc(NC(=O)c3ccco3)n2)c1. The van der Waals surface area contributed by atoms with Crippen LogP contribution in [0.3, 0.4) is 0 Å². The van der Waals surface area contributed by atoms with Crippen molar-refractivity contribution >= 4 is 34.0 Å². The van der Waals surface area contributed by atoms with Crippen LogP contribution in [0.15, 0.2) is 82.8 Å². The molecular formula is C22H17N3O4S. The van der Waals surface area contributed by atoms with Crippen molar-refractivity contribution in [2.75, 3.05) is 17.2 Å². The number of carbonyl (C=O) groups is 2. The predicted molar refractivity (Wildman–Crippen MR) is 115 cm³/mol. The fourth-order valence-corrected chi connectivity index (χ4v) is 3.36. The summed E-state index contributed by atoms with van der Waals surface area (Å²) in [7, 11) is 0. The maximum Gasteiger partial charge on any atom is 0.293 e. The Hall–Kier alpha value is -3.91. The lowest BCUT2D eigenvalue weighted by atomic mass is 10.1. The van der Waals surface area contributed by atoms with Crippen molar-refractivity contribution in [2.45, 2.75) is 0 Å². The molecule has 0 unspecified atom stereocenters. The zero-order valence-electron chi connectivity index (χ0n) is 15.7. The molecule has 0 spiro atoms. The number of nitrogens with one attached hydrogen (secondary N) is 2. The highest BCUT2D eigenvalue weighted by Crippen LogP contribution is 2.27. The van der Waals surface area contributed by atoms with Gasteiger partial charge in [0.15, 0.2) is 17.5 Å². The van der Waals surface area contributed by atoms with Crippen LogP contribution in [0.1, 0.15) is 10.6 Å². The van der Waals surface area contributed by atoms with Gasteiger partial charge >= 0.3 is 0 Å². The molecule has 4 aromatic rings. The molecule has 0 aliphatic carbocycles. The summed E-state index contributed by atoms with van der Waals surface area (Å²) in [6.45, 7) is -0.0894. The minimum absolute atomic E-state index is 0.0894. The van der Waals surface area contributed by atoms with E-state index in [1.807, 2.05) is 41.8 Å². The fourth-order valence-electron chi connectivity index (χ4n) is 2.65. The first kappa shape index (κ1) is 19.4. The Morgan fingerprint density at radius 1 is 1.00 bits per heavy atom. The van der Waals surface area contributed by atoms with E-state index in [0.29, 0.717) is 22.3 Å². The monoisotopic (exact) mass is 419 g/mol. The molecule has 2 N–H and O–H groups in total. The Kier molecular flexibility index (Phi) is 5.86. The molecule has 0 fully saturated rings. The van der Waals surface area contributed by atoms with Crippen LogP contribution in [0, 0.1) is 0 Å². The van der Waals surface area contributed by atoms with Crippen molar-refractivity contribution < 1.29 is 18.7 Å². The zero-order chi connectivity index (χ0) is 20.8. The Bertz CT molecular complexity index is 1140. The van der Waals surface area contributed by atoms with Crippen LogP contribution in [0.25, 0.3) is 11.3 Å². The number of hydrogen-bond donors (Lipinski definition) is 2. The zero-order valence-corrected chi connectivity index (χ0v) is 16.5. The number of benzene rings is 2. The van der Waals surface area contributed by atoms with Crippen LogP contribution in [0.5, 0.6) is 5.75 Å². The average Bonchev–Trinajstić information content (AvgIpc) is 3.46. The third kappa shape index (κ3) is 4.92. The Morgan fingerprint density at radius 3 is 2.67 bits per heavy atom. The number of para-hydroxylation sites is 1. The topological polar surface area (TPSA) is 93.5 Å². The Balaban J connectivity index is 1.38. The molecule has 0 atom stereocenters. The van der Waals surface area contributed by atoms with E-state index in [4.69, 9.17) is 9.15 Å². The van der Waals surface area contributed by atoms with Gasteiger partial charge in [-0.05, 0) is 36.4 Å². The summed E-state index contributed by atoms with van der Waals surface area (Å²) < 4.78 is 10.5. The molecule has 2 aromatic heterocycles. The summed E-state index contributed by atoms with van der Waals surface area (Å²) in [5.41, 5.74) is 2.13. The van der Waals surface area contributed by atoms with Gasteiger partial charge in [0.05, 0.1) is 12.0 Å². The lowest BCUT2D eigenvalue weighted by molar-refractivity contribution is -0.118. The number of rotatable bonds is 7. The van der Waals surface area contributed by atoms with Crippen molar-refractivity contribution in [2.24, 2.45) is 0 Å². The molecule has 2 heterocycles. The fraction of sp³-hybridized carbons (Fsp3) is 0.0455. The highest BCUT2D eigenvalue weighted by Gasteiger charge is 2.12. The first-order valence-electron chi connectivity index (χ1n) is 9.06. The normalized spacial score (nSPS) is 10.4. The lowest BCUT2D eigenvalue weighted by Gasteiger charge is -2.08. The second-order valence-corrected chi connectivity index (χ2v) is 7.06. The van der Waals surface area contributed by atoms with E-state index in [0.717, 1.165) is 5.56 Å². The summed E-state index contributed by atoms with van der Waals surface area (Å²) in [4.78, 5) is 28.7. The van der Waals surface area contributed by atoms with Gasteiger partial charge in [0.1, 0.15) is 5.75 Å². The summed E-state index contributed by atoms with van der Waals surface area (Å²) in [6, 6.07) is 19.7. The molecular weight excluding hydrogens is 402 g/mol. The van der Waals surface area contributed by atoms with E-state index >= 15 is 0 Å². The standard InChI is InChI=1S/C22H17N3O4S/c26-20(13-29-17-8-2-1-3-9-17)23-16-7-4-6-15(12-16)18-14-30-22(24-18)25-21(27)19-10-5-11-28-19/h1-12,14H,13H2,(H,23,26)(H,24,25,27). The van der Waals surface area contributed by atoms with Crippen LogP contribution in [0.4, 0.5) is 10.8 Å².